The number of benzene rings is 1. The zero-order valence-corrected chi connectivity index (χ0v) is 14.0. The van der Waals surface area contributed by atoms with Gasteiger partial charge in [-0.1, -0.05) is 25.7 Å². The fourth-order valence-corrected chi connectivity index (χ4v) is 3.54. The topological polar surface area (TPSA) is 68.4 Å². The number of hydrogen-bond donors (Lipinski definition) is 0. The molecule has 1 aliphatic rings. The van der Waals surface area contributed by atoms with Gasteiger partial charge in [0.15, 0.2) is 0 Å². The smallest absolute Gasteiger partial charge is 0.270 e. The van der Waals surface area contributed by atoms with E-state index in [1.807, 2.05) is 28.8 Å². The van der Waals surface area contributed by atoms with Gasteiger partial charge in [0.25, 0.3) is 5.69 Å². The van der Waals surface area contributed by atoms with Crippen molar-refractivity contribution in [1.29, 1.82) is 0 Å². The molecule has 1 aromatic carbocycles. The minimum atomic E-state index is -0.401. The lowest BCUT2D eigenvalue weighted by Gasteiger charge is -2.27. The lowest BCUT2D eigenvalue weighted by Crippen LogP contribution is -2.38. The summed E-state index contributed by atoms with van der Waals surface area (Å²) in [5.74, 6) is 0.0951. The van der Waals surface area contributed by atoms with Crippen molar-refractivity contribution in [3.8, 4) is 0 Å². The minimum absolute atomic E-state index is 0.0714. The number of hydrogen-bond acceptors (Lipinski definition) is 3. The Morgan fingerprint density at radius 1 is 1.25 bits per heavy atom. The second-order valence-corrected chi connectivity index (χ2v) is 6.59. The molecular formula is C18H23N3O3. The number of nitro benzene ring substituents is 1. The number of nitro groups is 1. The van der Waals surface area contributed by atoms with Crippen LogP contribution < -0.4 is 0 Å². The Hall–Kier alpha value is -2.37. The molecule has 6 heteroatoms. The van der Waals surface area contributed by atoms with E-state index in [0.717, 1.165) is 23.7 Å². The maximum Gasteiger partial charge on any atom is 0.270 e. The molecule has 2 aromatic rings. The Bertz CT molecular complexity index is 745. The van der Waals surface area contributed by atoms with Crippen molar-refractivity contribution in [2.75, 3.05) is 7.05 Å². The van der Waals surface area contributed by atoms with Crippen molar-refractivity contribution in [3.63, 3.8) is 0 Å². The van der Waals surface area contributed by atoms with Gasteiger partial charge in [-0.2, -0.15) is 0 Å². The highest BCUT2D eigenvalue weighted by Gasteiger charge is 2.21. The molecule has 0 aliphatic heterocycles. The molecule has 128 valence electrons. The molecule has 3 rings (SSSR count). The Kier molecular flexibility index (Phi) is 4.83. The molecule has 6 nitrogen and oxygen atoms in total. The number of fused-ring (bicyclic) bond motifs is 1. The van der Waals surface area contributed by atoms with Crippen LogP contribution in [-0.4, -0.2) is 33.4 Å². The van der Waals surface area contributed by atoms with Crippen molar-refractivity contribution in [2.24, 2.45) is 0 Å². The second-order valence-electron chi connectivity index (χ2n) is 6.59. The molecule has 0 bridgehead atoms. The fourth-order valence-electron chi connectivity index (χ4n) is 3.54. The van der Waals surface area contributed by atoms with E-state index in [1.54, 1.807) is 12.1 Å². The fraction of sp³-hybridized carbons (Fsp3) is 0.500. The lowest BCUT2D eigenvalue weighted by atomic mass is 10.1. The highest BCUT2D eigenvalue weighted by molar-refractivity contribution is 5.85. The first-order valence-electron chi connectivity index (χ1n) is 8.55. The predicted molar refractivity (Wildman–Crippen MR) is 92.9 cm³/mol. The Morgan fingerprint density at radius 3 is 2.62 bits per heavy atom. The van der Waals surface area contributed by atoms with E-state index < -0.39 is 4.92 Å². The van der Waals surface area contributed by atoms with Crippen LogP contribution >= 0.6 is 0 Å². The van der Waals surface area contributed by atoms with Crippen LogP contribution in [-0.2, 0) is 11.3 Å². The molecule has 0 N–H and O–H groups in total. The number of non-ortho nitro benzene ring substituents is 1. The van der Waals surface area contributed by atoms with E-state index in [1.165, 1.54) is 31.7 Å². The van der Waals surface area contributed by atoms with Gasteiger partial charge in [0, 0.05) is 42.3 Å². The zero-order chi connectivity index (χ0) is 17.1. The molecule has 1 fully saturated rings. The van der Waals surface area contributed by atoms with Crippen LogP contribution in [0.1, 0.15) is 38.5 Å². The summed E-state index contributed by atoms with van der Waals surface area (Å²) in [5.41, 5.74) is 0.922. The number of carbonyl (C=O) groups is 1. The normalized spacial score (nSPS) is 16.0. The molecule has 1 amide bonds. The average molecular weight is 329 g/mol. The third kappa shape index (κ3) is 3.42. The monoisotopic (exact) mass is 329 g/mol. The van der Waals surface area contributed by atoms with Crippen molar-refractivity contribution in [1.82, 2.24) is 9.47 Å². The summed E-state index contributed by atoms with van der Waals surface area (Å²) in [4.78, 5) is 25.0. The molecule has 1 saturated carbocycles. The van der Waals surface area contributed by atoms with E-state index in [9.17, 15) is 14.9 Å². The molecule has 24 heavy (non-hydrogen) atoms. The average Bonchev–Trinajstić information content (AvgIpc) is 2.79. The molecule has 1 heterocycles. The van der Waals surface area contributed by atoms with Gasteiger partial charge >= 0.3 is 0 Å². The van der Waals surface area contributed by atoms with Gasteiger partial charge in [-0.05, 0) is 25.0 Å². The van der Waals surface area contributed by atoms with E-state index in [2.05, 4.69) is 0 Å². The van der Waals surface area contributed by atoms with Crippen molar-refractivity contribution < 1.29 is 9.72 Å². The van der Waals surface area contributed by atoms with Crippen molar-refractivity contribution >= 4 is 22.5 Å². The van der Waals surface area contributed by atoms with Gasteiger partial charge in [-0.15, -0.1) is 0 Å². The minimum Gasteiger partial charge on any atom is -0.341 e. The maximum atomic E-state index is 12.6. The number of rotatable bonds is 4. The highest BCUT2D eigenvalue weighted by atomic mass is 16.6. The molecule has 1 aliphatic carbocycles. The molecule has 0 atom stereocenters. The summed E-state index contributed by atoms with van der Waals surface area (Å²) in [6.07, 6.45) is 8.91. The molecule has 0 spiro atoms. The molecular weight excluding hydrogens is 306 g/mol. The summed E-state index contributed by atoms with van der Waals surface area (Å²) < 4.78 is 1.87. The molecule has 0 saturated heterocycles. The molecule has 1 aromatic heterocycles. The van der Waals surface area contributed by atoms with Gasteiger partial charge in [-0.3, -0.25) is 14.9 Å². The van der Waals surface area contributed by atoms with Crippen LogP contribution in [0.3, 0.4) is 0 Å². The van der Waals surface area contributed by atoms with Gasteiger partial charge in [0.1, 0.15) is 6.54 Å². The van der Waals surface area contributed by atoms with Crippen molar-refractivity contribution in [2.45, 2.75) is 51.1 Å². The highest BCUT2D eigenvalue weighted by Crippen LogP contribution is 2.24. The van der Waals surface area contributed by atoms with Gasteiger partial charge in [-0.25, -0.2) is 0 Å². The largest absolute Gasteiger partial charge is 0.341 e. The Balaban J connectivity index is 1.74. The van der Waals surface area contributed by atoms with Crippen molar-refractivity contribution in [3.05, 3.63) is 40.6 Å². The van der Waals surface area contributed by atoms with Crippen LogP contribution in [0.25, 0.3) is 10.9 Å². The number of likely N-dealkylation sites (N-methyl/N-ethyl adjacent to an activating group) is 1. The van der Waals surface area contributed by atoms with E-state index in [0.29, 0.717) is 6.04 Å². The first kappa shape index (κ1) is 16.5. The van der Waals surface area contributed by atoms with Crippen LogP contribution in [0.2, 0.25) is 0 Å². The quantitative estimate of drug-likeness (QED) is 0.487. The first-order chi connectivity index (χ1) is 11.6. The molecule has 0 radical (unpaired) electrons. The third-order valence-electron chi connectivity index (χ3n) is 5.04. The van der Waals surface area contributed by atoms with Crippen LogP contribution in [0.5, 0.6) is 0 Å². The van der Waals surface area contributed by atoms with Gasteiger partial charge in [0.2, 0.25) is 5.91 Å². The van der Waals surface area contributed by atoms with E-state index in [4.69, 9.17) is 0 Å². The maximum absolute atomic E-state index is 12.6. The Morgan fingerprint density at radius 2 is 1.96 bits per heavy atom. The lowest BCUT2D eigenvalue weighted by molar-refractivity contribution is -0.384. The van der Waals surface area contributed by atoms with E-state index in [-0.39, 0.29) is 18.1 Å². The second kappa shape index (κ2) is 7.03. The summed E-state index contributed by atoms with van der Waals surface area (Å²) in [6.45, 7) is 0.272. The zero-order valence-electron chi connectivity index (χ0n) is 14.0. The summed E-state index contributed by atoms with van der Waals surface area (Å²) in [7, 11) is 1.90. The summed E-state index contributed by atoms with van der Waals surface area (Å²) >= 11 is 0. The van der Waals surface area contributed by atoms with Gasteiger partial charge < -0.3 is 9.47 Å². The van der Waals surface area contributed by atoms with Crippen LogP contribution in [0.15, 0.2) is 30.5 Å². The third-order valence-corrected chi connectivity index (χ3v) is 5.04. The SMILES string of the molecule is CN(C(=O)Cn1ccc2cc([N+](=O)[O-])ccc21)C1CCCCCC1. The number of carbonyl (C=O) groups excluding carboxylic acids is 1. The number of nitrogens with zero attached hydrogens (tertiary/aromatic N) is 3. The Labute approximate surface area is 141 Å². The first-order valence-corrected chi connectivity index (χ1v) is 8.55. The van der Waals surface area contributed by atoms with Crippen LogP contribution in [0, 0.1) is 10.1 Å². The van der Waals surface area contributed by atoms with Crippen LogP contribution in [0.4, 0.5) is 5.69 Å². The number of amides is 1. The predicted octanol–water partition coefficient (Wildman–Crippen LogP) is 3.73. The summed E-state index contributed by atoms with van der Waals surface area (Å²) in [5, 5.41) is 11.6. The van der Waals surface area contributed by atoms with E-state index >= 15 is 0 Å². The summed E-state index contributed by atoms with van der Waals surface area (Å²) in [6, 6.07) is 6.90. The standard InChI is InChI=1S/C18H23N3O3/c1-19(15-6-4-2-3-5-7-15)18(22)13-20-11-10-14-12-16(21(23)24)8-9-17(14)20/h8-12,15H,2-7,13H2,1H3. The molecule has 0 unspecified atom stereocenters. The van der Waals surface area contributed by atoms with Gasteiger partial charge in [0.05, 0.1) is 4.92 Å². The number of aromatic nitrogens is 1.